The van der Waals surface area contributed by atoms with Gasteiger partial charge < -0.3 is 15.5 Å². The van der Waals surface area contributed by atoms with E-state index >= 15 is 0 Å². The fourth-order valence-corrected chi connectivity index (χ4v) is 4.97. The number of carbonyl (C=O) groups is 3. The Morgan fingerprint density at radius 2 is 1.87 bits per heavy atom. The fraction of sp³-hybridized carbons (Fsp3) is 0.261. The van der Waals surface area contributed by atoms with E-state index < -0.39 is 0 Å². The van der Waals surface area contributed by atoms with Gasteiger partial charge in [0.2, 0.25) is 5.91 Å². The highest BCUT2D eigenvalue weighted by molar-refractivity contribution is 7.99. The lowest BCUT2D eigenvalue weighted by Crippen LogP contribution is -2.41. The van der Waals surface area contributed by atoms with Gasteiger partial charge in [0.05, 0.1) is 11.3 Å². The maximum Gasteiger partial charge on any atom is 0.259 e. The number of primary amides is 1. The zero-order valence-electron chi connectivity index (χ0n) is 16.5. The second-order valence-corrected chi connectivity index (χ2v) is 8.54. The first kappa shape index (κ1) is 20.2. The molecule has 2 N–H and O–H groups in total. The van der Waals surface area contributed by atoms with Gasteiger partial charge in [-0.05, 0) is 43.2 Å². The maximum atomic E-state index is 13.2. The van der Waals surface area contributed by atoms with Gasteiger partial charge in [-0.3, -0.25) is 14.4 Å². The molecule has 0 spiro atoms. The second-order valence-electron chi connectivity index (χ2n) is 7.45. The molecule has 6 nitrogen and oxygen atoms in total. The van der Waals surface area contributed by atoms with Crippen LogP contribution in [0.3, 0.4) is 0 Å². The molecule has 7 heteroatoms. The zero-order chi connectivity index (χ0) is 21.3. The Labute approximate surface area is 179 Å². The third kappa shape index (κ3) is 3.73. The van der Waals surface area contributed by atoms with Crippen LogP contribution in [0, 0.1) is 5.92 Å². The minimum atomic E-state index is -0.303. The third-order valence-electron chi connectivity index (χ3n) is 5.58. The molecule has 3 amide bonds. The van der Waals surface area contributed by atoms with Crippen molar-refractivity contribution >= 4 is 35.2 Å². The highest BCUT2D eigenvalue weighted by Crippen LogP contribution is 2.41. The molecule has 0 saturated carbocycles. The van der Waals surface area contributed by atoms with E-state index in [9.17, 15) is 14.4 Å². The lowest BCUT2D eigenvalue weighted by Gasteiger charge is -2.31. The van der Waals surface area contributed by atoms with Gasteiger partial charge in [-0.1, -0.05) is 30.0 Å². The molecule has 0 unspecified atom stereocenters. The van der Waals surface area contributed by atoms with E-state index in [0.29, 0.717) is 49.3 Å². The third-order valence-corrected chi connectivity index (χ3v) is 6.72. The zero-order valence-corrected chi connectivity index (χ0v) is 17.4. The van der Waals surface area contributed by atoms with Gasteiger partial charge in [0.1, 0.15) is 0 Å². The molecule has 2 aromatic carbocycles. The predicted octanol–water partition coefficient (Wildman–Crippen LogP) is 3.32. The number of amides is 3. The van der Waals surface area contributed by atoms with Gasteiger partial charge in [-0.2, -0.15) is 0 Å². The molecular formula is C23H23N3O3S. The minimum Gasteiger partial charge on any atom is -0.369 e. The van der Waals surface area contributed by atoms with Crippen LogP contribution in [-0.2, 0) is 4.79 Å². The largest absolute Gasteiger partial charge is 0.369 e. The van der Waals surface area contributed by atoms with Gasteiger partial charge in [-0.15, -0.1) is 6.58 Å². The van der Waals surface area contributed by atoms with Crippen LogP contribution in [0.5, 0.6) is 0 Å². The first-order valence-corrected chi connectivity index (χ1v) is 10.7. The first-order valence-electron chi connectivity index (χ1n) is 9.92. The lowest BCUT2D eigenvalue weighted by atomic mass is 9.96. The van der Waals surface area contributed by atoms with E-state index in [1.54, 1.807) is 28.0 Å². The summed E-state index contributed by atoms with van der Waals surface area (Å²) in [7, 11) is 0. The number of fused-ring (bicyclic) bond motifs is 2. The van der Waals surface area contributed by atoms with Gasteiger partial charge in [0.15, 0.2) is 0 Å². The van der Waals surface area contributed by atoms with Crippen LogP contribution in [0.4, 0.5) is 5.69 Å². The van der Waals surface area contributed by atoms with Crippen molar-refractivity contribution < 1.29 is 14.4 Å². The number of rotatable bonds is 4. The lowest BCUT2D eigenvalue weighted by molar-refractivity contribution is -0.123. The first-order chi connectivity index (χ1) is 14.5. The number of carbonyl (C=O) groups excluding carboxylic acids is 3. The van der Waals surface area contributed by atoms with E-state index in [4.69, 9.17) is 5.73 Å². The summed E-state index contributed by atoms with van der Waals surface area (Å²) in [6.45, 7) is 5.14. The normalized spacial score (nSPS) is 16.5. The molecule has 30 heavy (non-hydrogen) atoms. The number of benzene rings is 2. The molecule has 1 saturated heterocycles. The highest BCUT2D eigenvalue weighted by Gasteiger charge is 2.30. The molecule has 154 valence electrons. The standard InChI is InChI=1S/C23H23N3O3S/c1-2-11-26-18-14-16(22(28)25-12-9-15(10-13-25)21(24)27)7-8-20(18)30-19-6-4-3-5-17(19)23(26)29/h2-8,14-15H,1,9-13H2,(H2,24,27). The van der Waals surface area contributed by atoms with Gasteiger partial charge in [0.25, 0.3) is 11.8 Å². The Morgan fingerprint density at radius 1 is 1.13 bits per heavy atom. The number of anilines is 1. The Bertz CT molecular complexity index is 1030. The molecule has 1 fully saturated rings. The monoisotopic (exact) mass is 421 g/mol. The topological polar surface area (TPSA) is 83.7 Å². The molecule has 0 atom stereocenters. The fourth-order valence-electron chi connectivity index (χ4n) is 3.91. The van der Waals surface area contributed by atoms with Crippen LogP contribution >= 0.6 is 11.8 Å². The summed E-state index contributed by atoms with van der Waals surface area (Å²) in [6, 6.07) is 13.0. The van der Waals surface area contributed by atoms with E-state index in [1.165, 1.54) is 11.8 Å². The molecule has 2 heterocycles. The number of hydrogen-bond donors (Lipinski definition) is 1. The van der Waals surface area contributed by atoms with Crippen LogP contribution in [-0.4, -0.2) is 42.3 Å². The van der Waals surface area contributed by atoms with Crippen molar-refractivity contribution in [3.63, 3.8) is 0 Å². The summed E-state index contributed by atoms with van der Waals surface area (Å²) in [5.74, 6) is -0.680. The van der Waals surface area contributed by atoms with Crippen molar-refractivity contribution in [1.29, 1.82) is 0 Å². The van der Waals surface area contributed by atoms with Crippen molar-refractivity contribution in [3.05, 3.63) is 66.2 Å². The SMILES string of the molecule is C=CCN1C(=O)c2ccccc2Sc2ccc(C(=O)N3CCC(C(N)=O)CC3)cc21. The molecule has 0 radical (unpaired) electrons. The summed E-state index contributed by atoms with van der Waals surface area (Å²) in [4.78, 5) is 42.9. The van der Waals surface area contributed by atoms with Gasteiger partial charge >= 0.3 is 0 Å². The Morgan fingerprint density at radius 3 is 2.57 bits per heavy atom. The van der Waals surface area contributed by atoms with Crippen LogP contribution < -0.4 is 10.6 Å². The Hall–Kier alpha value is -3.06. The molecule has 4 rings (SSSR count). The van der Waals surface area contributed by atoms with Crippen LogP contribution in [0.1, 0.15) is 33.6 Å². The number of likely N-dealkylation sites (tertiary alicyclic amines) is 1. The van der Waals surface area contributed by atoms with Crippen molar-refractivity contribution in [2.45, 2.75) is 22.6 Å². The summed E-state index contributed by atoms with van der Waals surface area (Å²) >= 11 is 1.52. The number of nitrogens with two attached hydrogens (primary N) is 1. The predicted molar refractivity (Wildman–Crippen MR) is 117 cm³/mol. The number of nitrogens with zero attached hydrogens (tertiary/aromatic N) is 2. The van der Waals surface area contributed by atoms with E-state index in [2.05, 4.69) is 6.58 Å². The van der Waals surface area contributed by atoms with E-state index in [-0.39, 0.29) is 23.6 Å². The molecule has 2 aromatic rings. The van der Waals surface area contributed by atoms with Gasteiger partial charge in [-0.25, -0.2) is 0 Å². The second kappa shape index (κ2) is 8.36. The van der Waals surface area contributed by atoms with Crippen molar-refractivity contribution in [2.75, 3.05) is 24.5 Å². The molecule has 0 bridgehead atoms. The van der Waals surface area contributed by atoms with Crippen LogP contribution in [0.2, 0.25) is 0 Å². The summed E-state index contributed by atoms with van der Waals surface area (Å²) < 4.78 is 0. The number of hydrogen-bond acceptors (Lipinski definition) is 4. The molecular weight excluding hydrogens is 398 g/mol. The quantitative estimate of drug-likeness (QED) is 0.768. The van der Waals surface area contributed by atoms with Crippen molar-refractivity contribution in [3.8, 4) is 0 Å². The minimum absolute atomic E-state index is 0.0986. The Balaban J connectivity index is 1.65. The summed E-state index contributed by atoms with van der Waals surface area (Å²) in [5.41, 5.74) is 7.27. The van der Waals surface area contributed by atoms with E-state index in [1.807, 2.05) is 30.3 Å². The average Bonchev–Trinajstić information content (AvgIpc) is 2.88. The molecule has 0 aromatic heterocycles. The molecule has 2 aliphatic heterocycles. The molecule has 0 aliphatic carbocycles. The maximum absolute atomic E-state index is 13.2. The average molecular weight is 422 g/mol. The van der Waals surface area contributed by atoms with E-state index in [0.717, 1.165) is 9.79 Å². The Kier molecular flexibility index (Phi) is 5.63. The summed E-state index contributed by atoms with van der Waals surface area (Å²) in [5, 5.41) is 0. The van der Waals surface area contributed by atoms with Crippen molar-refractivity contribution in [2.24, 2.45) is 11.7 Å². The van der Waals surface area contributed by atoms with Crippen molar-refractivity contribution in [1.82, 2.24) is 4.90 Å². The molecule has 2 aliphatic rings. The number of piperidine rings is 1. The van der Waals surface area contributed by atoms with Crippen LogP contribution in [0.15, 0.2) is 64.9 Å². The van der Waals surface area contributed by atoms with Gasteiger partial charge in [0, 0.05) is 40.9 Å². The van der Waals surface area contributed by atoms with Crippen LogP contribution in [0.25, 0.3) is 0 Å². The smallest absolute Gasteiger partial charge is 0.259 e. The highest BCUT2D eigenvalue weighted by atomic mass is 32.2. The summed E-state index contributed by atoms with van der Waals surface area (Å²) in [6.07, 6.45) is 2.85.